The summed E-state index contributed by atoms with van der Waals surface area (Å²) in [5.74, 6) is 1.05. The first-order chi connectivity index (χ1) is 11.8. The van der Waals surface area contributed by atoms with Crippen LogP contribution in [0.25, 0.3) is 11.0 Å². The molecular formula is C19H28N4S. The quantitative estimate of drug-likeness (QED) is 0.777. The molecule has 1 heterocycles. The molecule has 1 fully saturated rings. The van der Waals surface area contributed by atoms with E-state index in [-0.39, 0.29) is 0 Å². The van der Waals surface area contributed by atoms with Gasteiger partial charge in [0.05, 0.1) is 11.0 Å². The number of nitrogens with one attached hydrogen (secondary N) is 2. The third-order valence-corrected chi connectivity index (χ3v) is 5.21. The second-order valence-electron chi connectivity index (χ2n) is 6.67. The predicted octanol–water partition coefficient (Wildman–Crippen LogP) is 4.02. The highest BCUT2D eigenvalue weighted by Crippen LogP contribution is 2.23. The van der Waals surface area contributed by atoms with Crippen molar-refractivity contribution in [3.8, 4) is 0 Å². The molecule has 0 saturated heterocycles. The van der Waals surface area contributed by atoms with Crippen LogP contribution in [-0.2, 0) is 6.42 Å². The molecule has 0 aliphatic heterocycles. The zero-order valence-corrected chi connectivity index (χ0v) is 15.4. The Labute approximate surface area is 150 Å². The Hall–Kier alpha value is -1.62. The molecule has 0 amide bonds. The Balaban J connectivity index is 1.66. The SMILES string of the molecule is CCCNC(=S)N(CCc1nc2ccccc2[nH]1)C1CCCCC1. The normalized spacial score (nSPS) is 15.5. The summed E-state index contributed by atoms with van der Waals surface area (Å²) >= 11 is 5.69. The first kappa shape index (κ1) is 17.2. The summed E-state index contributed by atoms with van der Waals surface area (Å²) in [7, 11) is 0. The molecule has 1 aliphatic carbocycles. The molecule has 0 unspecified atom stereocenters. The van der Waals surface area contributed by atoms with Crippen LogP contribution in [-0.4, -0.2) is 39.1 Å². The van der Waals surface area contributed by atoms with Gasteiger partial charge >= 0.3 is 0 Å². The highest BCUT2D eigenvalue weighted by atomic mass is 32.1. The fraction of sp³-hybridized carbons (Fsp3) is 0.579. The van der Waals surface area contributed by atoms with Crippen LogP contribution in [0.2, 0.25) is 0 Å². The number of fused-ring (bicyclic) bond motifs is 1. The van der Waals surface area contributed by atoms with E-state index in [1.165, 1.54) is 32.1 Å². The molecule has 3 rings (SSSR count). The summed E-state index contributed by atoms with van der Waals surface area (Å²) in [5.41, 5.74) is 2.16. The van der Waals surface area contributed by atoms with Crippen molar-refractivity contribution in [2.75, 3.05) is 13.1 Å². The zero-order valence-electron chi connectivity index (χ0n) is 14.6. The number of hydrogen-bond donors (Lipinski definition) is 2. The molecule has 1 saturated carbocycles. The Kier molecular flexibility index (Phi) is 6.07. The largest absolute Gasteiger partial charge is 0.363 e. The maximum Gasteiger partial charge on any atom is 0.169 e. The molecule has 2 N–H and O–H groups in total. The third kappa shape index (κ3) is 4.26. The van der Waals surface area contributed by atoms with E-state index in [1.807, 2.05) is 12.1 Å². The lowest BCUT2D eigenvalue weighted by molar-refractivity contribution is 0.242. The highest BCUT2D eigenvalue weighted by molar-refractivity contribution is 7.80. The number of aromatic nitrogens is 2. The molecule has 1 aromatic carbocycles. The molecule has 0 bridgehead atoms. The van der Waals surface area contributed by atoms with Crippen LogP contribution >= 0.6 is 12.2 Å². The van der Waals surface area contributed by atoms with Crippen molar-refractivity contribution in [2.24, 2.45) is 0 Å². The van der Waals surface area contributed by atoms with Crippen LogP contribution in [0, 0.1) is 0 Å². The summed E-state index contributed by atoms with van der Waals surface area (Å²) in [5, 5.41) is 4.34. The van der Waals surface area contributed by atoms with Gasteiger partial charge in [-0.25, -0.2) is 4.98 Å². The third-order valence-electron chi connectivity index (χ3n) is 4.83. The van der Waals surface area contributed by atoms with E-state index in [9.17, 15) is 0 Å². The van der Waals surface area contributed by atoms with Crippen LogP contribution in [0.5, 0.6) is 0 Å². The average molecular weight is 345 g/mol. The van der Waals surface area contributed by atoms with E-state index in [4.69, 9.17) is 17.2 Å². The van der Waals surface area contributed by atoms with E-state index >= 15 is 0 Å². The van der Waals surface area contributed by atoms with Crippen molar-refractivity contribution in [3.63, 3.8) is 0 Å². The topological polar surface area (TPSA) is 44.0 Å². The number of H-pyrrole nitrogens is 1. The van der Waals surface area contributed by atoms with Gasteiger partial charge in [0.15, 0.2) is 5.11 Å². The minimum absolute atomic E-state index is 0.583. The second-order valence-corrected chi connectivity index (χ2v) is 7.05. The van der Waals surface area contributed by atoms with Crippen LogP contribution in [0.15, 0.2) is 24.3 Å². The second kappa shape index (κ2) is 8.47. The number of aromatic amines is 1. The Morgan fingerprint density at radius 1 is 1.29 bits per heavy atom. The monoisotopic (exact) mass is 344 g/mol. The van der Waals surface area contributed by atoms with Crippen molar-refractivity contribution in [3.05, 3.63) is 30.1 Å². The van der Waals surface area contributed by atoms with E-state index in [0.29, 0.717) is 6.04 Å². The van der Waals surface area contributed by atoms with Gasteiger partial charge in [0, 0.05) is 25.6 Å². The van der Waals surface area contributed by atoms with Gasteiger partial charge in [0.25, 0.3) is 0 Å². The summed E-state index contributed by atoms with van der Waals surface area (Å²) in [4.78, 5) is 10.6. The number of thiocarbonyl (C=S) groups is 1. The van der Waals surface area contributed by atoms with Gasteiger partial charge in [0.1, 0.15) is 5.82 Å². The number of hydrogen-bond acceptors (Lipinski definition) is 2. The Bertz CT molecular complexity index is 627. The van der Waals surface area contributed by atoms with Gasteiger partial charge in [0.2, 0.25) is 0 Å². The molecule has 1 aromatic heterocycles. The number of para-hydroxylation sites is 2. The fourth-order valence-corrected chi connectivity index (χ4v) is 3.87. The molecular weight excluding hydrogens is 316 g/mol. The number of imidazole rings is 1. The minimum atomic E-state index is 0.583. The molecule has 4 nitrogen and oxygen atoms in total. The summed E-state index contributed by atoms with van der Waals surface area (Å²) in [6.07, 6.45) is 8.52. The fourth-order valence-electron chi connectivity index (χ4n) is 3.53. The van der Waals surface area contributed by atoms with Crippen LogP contribution in [0.1, 0.15) is 51.3 Å². The van der Waals surface area contributed by atoms with Gasteiger partial charge in [-0.15, -0.1) is 0 Å². The summed E-state index contributed by atoms with van der Waals surface area (Å²) < 4.78 is 0. The van der Waals surface area contributed by atoms with Gasteiger partial charge in [-0.3, -0.25) is 0 Å². The zero-order chi connectivity index (χ0) is 16.8. The molecule has 1 aliphatic rings. The standard InChI is InChI=1S/C19H28N4S/c1-2-13-20-19(24)23(15-8-4-3-5-9-15)14-12-18-21-16-10-6-7-11-17(16)22-18/h6-7,10-11,15H,2-5,8-9,12-14H2,1H3,(H,20,24)(H,21,22). The first-order valence-corrected chi connectivity index (χ1v) is 9.67. The maximum absolute atomic E-state index is 5.69. The van der Waals surface area contributed by atoms with Crippen LogP contribution in [0.3, 0.4) is 0 Å². The molecule has 0 atom stereocenters. The Morgan fingerprint density at radius 3 is 2.83 bits per heavy atom. The van der Waals surface area contributed by atoms with Crippen LogP contribution in [0.4, 0.5) is 0 Å². The first-order valence-electron chi connectivity index (χ1n) is 9.26. The molecule has 24 heavy (non-hydrogen) atoms. The van der Waals surface area contributed by atoms with Gasteiger partial charge in [-0.2, -0.15) is 0 Å². The average Bonchev–Trinajstić information content (AvgIpc) is 3.04. The van der Waals surface area contributed by atoms with Gasteiger partial charge < -0.3 is 15.2 Å². The molecule has 2 aromatic rings. The number of benzene rings is 1. The lowest BCUT2D eigenvalue weighted by Crippen LogP contribution is -2.47. The van der Waals surface area contributed by atoms with E-state index in [0.717, 1.165) is 47.9 Å². The highest BCUT2D eigenvalue weighted by Gasteiger charge is 2.23. The molecule has 130 valence electrons. The van der Waals surface area contributed by atoms with Crippen molar-refractivity contribution in [2.45, 2.75) is 57.9 Å². The smallest absolute Gasteiger partial charge is 0.169 e. The predicted molar refractivity (Wildman–Crippen MR) is 104 cm³/mol. The van der Waals surface area contributed by atoms with Crippen molar-refractivity contribution >= 4 is 28.4 Å². The number of nitrogens with zero attached hydrogens (tertiary/aromatic N) is 2. The van der Waals surface area contributed by atoms with Gasteiger partial charge in [-0.1, -0.05) is 38.3 Å². The summed E-state index contributed by atoms with van der Waals surface area (Å²) in [6.45, 7) is 4.06. The molecule has 5 heteroatoms. The van der Waals surface area contributed by atoms with Crippen molar-refractivity contribution in [1.29, 1.82) is 0 Å². The summed E-state index contributed by atoms with van der Waals surface area (Å²) in [6, 6.07) is 8.80. The lowest BCUT2D eigenvalue weighted by atomic mass is 9.94. The molecule has 0 spiro atoms. The van der Waals surface area contributed by atoms with Crippen molar-refractivity contribution < 1.29 is 0 Å². The Morgan fingerprint density at radius 2 is 2.08 bits per heavy atom. The van der Waals surface area contributed by atoms with Crippen LogP contribution < -0.4 is 5.32 Å². The van der Waals surface area contributed by atoms with Gasteiger partial charge in [-0.05, 0) is 43.6 Å². The lowest BCUT2D eigenvalue weighted by Gasteiger charge is -2.36. The maximum atomic E-state index is 5.69. The number of rotatable bonds is 6. The molecule has 0 radical (unpaired) electrons. The van der Waals surface area contributed by atoms with E-state index in [1.54, 1.807) is 0 Å². The minimum Gasteiger partial charge on any atom is -0.363 e. The van der Waals surface area contributed by atoms with E-state index in [2.05, 4.69) is 34.3 Å². The van der Waals surface area contributed by atoms with Crippen molar-refractivity contribution in [1.82, 2.24) is 20.2 Å². The van der Waals surface area contributed by atoms with E-state index < -0.39 is 0 Å².